The predicted octanol–water partition coefficient (Wildman–Crippen LogP) is 2.95. The second-order valence-corrected chi connectivity index (χ2v) is 5.43. The summed E-state index contributed by atoms with van der Waals surface area (Å²) < 4.78 is 5.50. The van der Waals surface area contributed by atoms with E-state index in [1.165, 1.54) is 0 Å². The van der Waals surface area contributed by atoms with Crippen molar-refractivity contribution >= 4 is 16.9 Å². The van der Waals surface area contributed by atoms with Gasteiger partial charge in [0.1, 0.15) is 5.58 Å². The second kappa shape index (κ2) is 7.84. The number of benzene rings is 1. The monoisotopic (exact) mass is 289 g/mol. The number of aliphatic hydroxyl groups excluding tert-OH is 1. The van der Waals surface area contributed by atoms with Crippen LogP contribution in [0.1, 0.15) is 36.8 Å². The van der Waals surface area contributed by atoms with Crippen LogP contribution >= 0.6 is 0 Å². The van der Waals surface area contributed by atoms with Crippen LogP contribution in [0, 0.1) is 6.92 Å². The molecular weight excluding hydrogens is 266 g/mol. The van der Waals surface area contributed by atoms with E-state index in [4.69, 9.17) is 9.52 Å². The highest BCUT2D eigenvalue weighted by Gasteiger charge is 2.10. The SMILES string of the molecule is Cc1ccc2c(CC(=O)NCCCCCCO)coc2c1. The maximum absolute atomic E-state index is 11.9. The van der Waals surface area contributed by atoms with Crippen molar-refractivity contribution in [3.05, 3.63) is 35.6 Å². The molecule has 0 aliphatic rings. The highest BCUT2D eigenvalue weighted by Crippen LogP contribution is 2.22. The van der Waals surface area contributed by atoms with Crippen molar-refractivity contribution in [2.45, 2.75) is 39.0 Å². The quantitative estimate of drug-likeness (QED) is 0.734. The minimum Gasteiger partial charge on any atom is -0.464 e. The first-order chi connectivity index (χ1) is 10.2. The molecule has 114 valence electrons. The van der Waals surface area contributed by atoms with Crippen LogP contribution in [0.15, 0.2) is 28.9 Å². The third-order valence-electron chi connectivity index (χ3n) is 3.57. The minimum atomic E-state index is 0.0282. The first-order valence-corrected chi connectivity index (χ1v) is 7.55. The van der Waals surface area contributed by atoms with E-state index in [2.05, 4.69) is 5.32 Å². The molecule has 0 unspecified atom stereocenters. The van der Waals surface area contributed by atoms with Gasteiger partial charge in [-0.3, -0.25) is 4.79 Å². The van der Waals surface area contributed by atoms with E-state index in [9.17, 15) is 4.79 Å². The Bertz CT molecular complexity index is 589. The topological polar surface area (TPSA) is 62.5 Å². The first kappa shape index (κ1) is 15.6. The normalized spacial score (nSPS) is 11.0. The van der Waals surface area contributed by atoms with Crippen LogP contribution < -0.4 is 5.32 Å². The molecule has 0 atom stereocenters. The lowest BCUT2D eigenvalue weighted by molar-refractivity contribution is -0.120. The van der Waals surface area contributed by atoms with Gasteiger partial charge in [-0.1, -0.05) is 25.0 Å². The molecule has 2 aromatic rings. The van der Waals surface area contributed by atoms with E-state index in [-0.39, 0.29) is 12.5 Å². The number of amides is 1. The molecule has 0 radical (unpaired) electrons. The molecule has 0 fully saturated rings. The van der Waals surface area contributed by atoms with E-state index in [1.54, 1.807) is 6.26 Å². The van der Waals surface area contributed by atoms with Gasteiger partial charge >= 0.3 is 0 Å². The van der Waals surface area contributed by atoms with Crippen LogP contribution in [0.3, 0.4) is 0 Å². The molecule has 1 aromatic heterocycles. The number of aryl methyl sites for hydroxylation is 1. The standard InChI is InChI=1S/C17H23NO3/c1-13-6-7-15-14(12-21-16(15)10-13)11-17(20)18-8-4-2-3-5-9-19/h6-7,10,12,19H,2-5,8-9,11H2,1H3,(H,18,20). The number of rotatable bonds is 8. The van der Waals surface area contributed by atoms with Gasteiger partial charge in [-0.25, -0.2) is 0 Å². The molecule has 4 nitrogen and oxygen atoms in total. The Morgan fingerprint density at radius 2 is 2.05 bits per heavy atom. The van der Waals surface area contributed by atoms with Gasteiger partial charge < -0.3 is 14.8 Å². The number of furan rings is 1. The number of unbranched alkanes of at least 4 members (excludes halogenated alkanes) is 3. The maximum atomic E-state index is 11.9. The Kier molecular flexibility index (Phi) is 5.81. The molecule has 0 aliphatic carbocycles. The van der Waals surface area contributed by atoms with Gasteiger partial charge in [0.15, 0.2) is 0 Å². The maximum Gasteiger partial charge on any atom is 0.224 e. The van der Waals surface area contributed by atoms with Crippen molar-refractivity contribution in [3.8, 4) is 0 Å². The Morgan fingerprint density at radius 3 is 2.86 bits per heavy atom. The van der Waals surface area contributed by atoms with Crippen molar-refractivity contribution in [2.24, 2.45) is 0 Å². The third-order valence-corrected chi connectivity index (χ3v) is 3.57. The first-order valence-electron chi connectivity index (χ1n) is 7.55. The van der Waals surface area contributed by atoms with Crippen molar-refractivity contribution < 1.29 is 14.3 Å². The number of nitrogens with one attached hydrogen (secondary N) is 1. The van der Waals surface area contributed by atoms with Crippen LogP contribution in [0.4, 0.5) is 0 Å². The van der Waals surface area contributed by atoms with Gasteiger partial charge in [-0.05, 0) is 31.4 Å². The summed E-state index contributed by atoms with van der Waals surface area (Å²) in [6.45, 7) is 2.96. The van der Waals surface area contributed by atoms with E-state index >= 15 is 0 Å². The Morgan fingerprint density at radius 1 is 1.24 bits per heavy atom. The fourth-order valence-electron chi connectivity index (χ4n) is 2.38. The summed E-state index contributed by atoms with van der Waals surface area (Å²) in [7, 11) is 0. The zero-order valence-corrected chi connectivity index (χ0v) is 12.5. The third kappa shape index (κ3) is 4.60. The van der Waals surface area contributed by atoms with Crippen molar-refractivity contribution in [1.29, 1.82) is 0 Å². The van der Waals surface area contributed by atoms with Gasteiger partial charge in [0, 0.05) is 24.1 Å². The second-order valence-electron chi connectivity index (χ2n) is 5.43. The summed E-state index contributed by atoms with van der Waals surface area (Å²) in [6.07, 6.45) is 5.87. The summed E-state index contributed by atoms with van der Waals surface area (Å²) in [5, 5.41) is 12.6. The summed E-state index contributed by atoms with van der Waals surface area (Å²) in [5.74, 6) is 0.0282. The van der Waals surface area contributed by atoms with Crippen molar-refractivity contribution in [1.82, 2.24) is 5.32 Å². The van der Waals surface area contributed by atoms with Crippen LogP contribution in [-0.2, 0) is 11.2 Å². The van der Waals surface area contributed by atoms with Crippen LogP contribution in [-0.4, -0.2) is 24.2 Å². The summed E-state index contributed by atoms with van der Waals surface area (Å²) in [5.41, 5.74) is 2.92. The lowest BCUT2D eigenvalue weighted by Gasteiger charge is -2.04. The van der Waals surface area contributed by atoms with Gasteiger partial charge in [0.05, 0.1) is 12.7 Å². The summed E-state index contributed by atoms with van der Waals surface area (Å²) >= 11 is 0. The van der Waals surface area contributed by atoms with Gasteiger partial charge in [-0.2, -0.15) is 0 Å². The Hall–Kier alpha value is -1.81. The fraction of sp³-hybridized carbons (Fsp3) is 0.471. The largest absolute Gasteiger partial charge is 0.464 e. The van der Waals surface area contributed by atoms with E-state index in [0.717, 1.165) is 47.8 Å². The Balaban J connectivity index is 1.79. The number of aliphatic hydroxyl groups is 1. The van der Waals surface area contributed by atoms with Gasteiger partial charge in [-0.15, -0.1) is 0 Å². The molecule has 0 bridgehead atoms. The summed E-state index contributed by atoms with van der Waals surface area (Å²) in [6, 6.07) is 6.02. The molecule has 0 saturated heterocycles. The molecule has 0 saturated carbocycles. The molecule has 0 spiro atoms. The highest BCUT2D eigenvalue weighted by atomic mass is 16.3. The van der Waals surface area contributed by atoms with Crippen LogP contribution in [0.2, 0.25) is 0 Å². The average molecular weight is 289 g/mol. The smallest absolute Gasteiger partial charge is 0.224 e. The Labute approximate surface area is 125 Å². The number of hydrogen-bond donors (Lipinski definition) is 2. The number of carbonyl (C=O) groups is 1. The highest BCUT2D eigenvalue weighted by molar-refractivity contribution is 5.87. The van der Waals surface area contributed by atoms with Crippen molar-refractivity contribution in [3.63, 3.8) is 0 Å². The zero-order chi connectivity index (χ0) is 15.1. The van der Waals surface area contributed by atoms with E-state index < -0.39 is 0 Å². The van der Waals surface area contributed by atoms with Gasteiger partial charge in [0.2, 0.25) is 5.91 Å². The van der Waals surface area contributed by atoms with Gasteiger partial charge in [0.25, 0.3) is 0 Å². The fourth-order valence-corrected chi connectivity index (χ4v) is 2.38. The molecule has 1 amide bonds. The molecule has 2 N–H and O–H groups in total. The summed E-state index contributed by atoms with van der Waals surface area (Å²) in [4.78, 5) is 11.9. The van der Waals surface area contributed by atoms with Crippen LogP contribution in [0.25, 0.3) is 11.0 Å². The molecule has 1 heterocycles. The molecule has 2 rings (SSSR count). The van der Waals surface area contributed by atoms with Crippen LogP contribution in [0.5, 0.6) is 0 Å². The predicted molar refractivity (Wildman–Crippen MR) is 83.2 cm³/mol. The molecule has 4 heteroatoms. The molecule has 21 heavy (non-hydrogen) atoms. The molecule has 1 aromatic carbocycles. The molecular formula is C17H23NO3. The zero-order valence-electron chi connectivity index (χ0n) is 12.5. The number of fused-ring (bicyclic) bond motifs is 1. The minimum absolute atomic E-state index is 0.0282. The molecule has 0 aliphatic heterocycles. The lowest BCUT2D eigenvalue weighted by atomic mass is 10.1. The van der Waals surface area contributed by atoms with E-state index in [0.29, 0.717) is 13.0 Å². The average Bonchev–Trinajstić information content (AvgIpc) is 2.85. The number of hydrogen-bond acceptors (Lipinski definition) is 3. The van der Waals surface area contributed by atoms with E-state index in [1.807, 2.05) is 25.1 Å². The lowest BCUT2D eigenvalue weighted by Crippen LogP contribution is -2.25. The van der Waals surface area contributed by atoms with Crippen molar-refractivity contribution in [2.75, 3.05) is 13.2 Å². The number of carbonyl (C=O) groups excluding carboxylic acids is 1.